The summed E-state index contributed by atoms with van der Waals surface area (Å²) in [5.74, 6) is -0.327. The van der Waals surface area contributed by atoms with Crippen molar-refractivity contribution in [2.75, 3.05) is 6.61 Å². The zero-order valence-corrected chi connectivity index (χ0v) is 17.0. The van der Waals surface area contributed by atoms with E-state index in [4.69, 9.17) is 16.3 Å². The molecule has 0 saturated heterocycles. The fourth-order valence-corrected chi connectivity index (χ4v) is 3.92. The highest BCUT2D eigenvalue weighted by molar-refractivity contribution is 7.15. The molecule has 0 aliphatic heterocycles. The van der Waals surface area contributed by atoms with Crippen molar-refractivity contribution in [3.63, 3.8) is 0 Å². The van der Waals surface area contributed by atoms with Crippen molar-refractivity contribution in [2.24, 2.45) is 0 Å². The molecule has 0 saturated carbocycles. The number of para-hydroxylation sites is 1. The van der Waals surface area contributed by atoms with Crippen molar-refractivity contribution >= 4 is 28.9 Å². The summed E-state index contributed by atoms with van der Waals surface area (Å²) in [7, 11) is 0. The topological polar surface area (TPSA) is 69.0 Å². The first kappa shape index (κ1) is 19.5. The number of hydrogen-bond acceptors (Lipinski definition) is 6. The first-order chi connectivity index (χ1) is 13.0. The van der Waals surface area contributed by atoms with Gasteiger partial charge in [0.25, 0.3) is 0 Å². The number of nitrogens with one attached hydrogen (secondary N) is 1. The molecule has 2 aromatic heterocycles. The molecule has 0 amide bonds. The van der Waals surface area contributed by atoms with E-state index in [9.17, 15) is 4.79 Å². The SMILES string of the molecule is CCOC(=O)[C@H](NCc1cnc(Cl)s1)c1c(C)nn(-c2ccccc2)c1C. The maximum atomic E-state index is 12.7. The van der Waals surface area contributed by atoms with E-state index in [0.29, 0.717) is 17.6 Å². The number of aromatic nitrogens is 3. The van der Waals surface area contributed by atoms with Crippen LogP contribution in [0.3, 0.4) is 0 Å². The molecule has 0 fully saturated rings. The van der Waals surface area contributed by atoms with Gasteiger partial charge in [-0.1, -0.05) is 29.8 Å². The number of aryl methyl sites for hydroxylation is 1. The van der Waals surface area contributed by atoms with Crippen LogP contribution in [0.2, 0.25) is 4.47 Å². The molecule has 0 bridgehead atoms. The second-order valence-electron chi connectivity index (χ2n) is 5.98. The molecule has 0 unspecified atom stereocenters. The summed E-state index contributed by atoms with van der Waals surface area (Å²) in [6, 6.07) is 9.22. The number of rotatable bonds is 7. The summed E-state index contributed by atoms with van der Waals surface area (Å²) >= 11 is 7.28. The molecule has 1 atom stereocenters. The minimum Gasteiger partial charge on any atom is -0.465 e. The van der Waals surface area contributed by atoms with Crippen LogP contribution in [0, 0.1) is 13.8 Å². The fraction of sp³-hybridized carbons (Fsp3) is 0.316. The molecular weight excluding hydrogens is 384 g/mol. The molecule has 1 aromatic carbocycles. The Morgan fingerprint density at radius 1 is 1.33 bits per heavy atom. The van der Waals surface area contributed by atoms with Crippen LogP contribution in [0.4, 0.5) is 0 Å². The van der Waals surface area contributed by atoms with E-state index in [0.717, 1.165) is 27.5 Å². The van der Waals surface area contributed by atoms with Gasteiger partial charge in [-0.05, 0) is 32.9 Å². The number of esters is 1. The Balaban J connectivity index is 1.94. The maximum absolute atomic E-state index is 12.7. The van der Waals surface area contributed by atoms with Crippen molar-refractivity contribution in [1.29, 1.82) is 0 Å². The number of carbonyl (C=O) groups excluding carboxylic acids is 1. The van der Waals surface area contributed by atoms with Gasteiger partial charge in [0.15, 0.2) is 4.47 Å². The zero-order valence-electron chi connectivity index (χ0n) is 15.4. The van der Waals surface area contributed by atoms with Crippen LogP contribution in [0.1, 0.15) is 34.8 Å². The minimum atomic E-state index is -0.622. The van der Waals surface area contributed by atoms with Crippen molar-refractivity contribution in [1.82, 2.24) is 20.1 Å². The molecule has 0 radical (unpaired) electrons. The highest BCUT2D eigenvalue weighted by Crippen LogP contribution is 2.26. The molecule has 3 rings (SSSR count). The molecule has 142 valence electrons. The van der Waals surface area contributed by atoms with Crippen molar-refractivity contribution in [3.05, 3.63) is 62.8 Å². The first-order valence-corrected chi connectivity index (χ1v) is 9.82. The molecule has 0 spiro atoms. The second-order valence-corrected chi connectivity index (χ2v) is 7.67. The van der Waals surface area contributed by atoms with Gasteiger partial charge in [0.05, 0.1) is 18.0 Å². The van der Waals surface area contributed by atoms with E-state index in [1.165, 1.54) is 11.3 Å². The van der Waals surface area contributed by atoms with Crippen LogP contribution in [0.15, 0.2) is 36.5 Å². The number of halogens is 1. The second kappa shape index (κ2) is 8.65. The summed E-state index contributed by atoms with van der Waals surface area (Å²) in [5, 5.41) is 7.92. The predicted octanol–water partition coefficient (Wildman–Crippen LogP) is 3.99. The van der Waals surface area contributed by atoms with E-state index in [1.807, 2.05) is 48.9 Å². The van der Waals surface area contributed by atoms with Gasteiger partial charge in [-0.2, -0.15) is 5.10 Å². The summed E-state index contributed by atoms with van der Waals surface area (Å²) < 4.78 is 7.63. The van der Waals surface area contributed by atoms with Crippen LogP contribution < -0.4 is 5.32 Å². The Kier molecular flexibility index (Phi) is 6.26. The first-order valence-electron chi connectivity index (χ1n) is 8.63. The molecule has 6 nitrogen and oxygen atoms in total. The molecule has 3 aromatic rings. The maximum Gasteiger partial charge on any atom is 0.327 e. The van der Waals surface area contributed by atoms with Crippen molar-refractivity contribution in [3.8, 4) is 5.69 Å². The monoisotopic (exact) mass is 404 g/mol. The number of benzene rings is 1. The number of hydrogen-bond donors (Lipinski definition) is 1. The van der Waals surface area contributed by atoms with Crippen LogP contribution in [-0.2, 0) is 16.1 Å². The van der Waals surface area contributed by atoms with Gasteiger partial charge < -0.3 is 4.74 Å². The average Bonchev–Trinajstić information content (AvgIpc) is 3.20. The Labute approximate surface area is 167 Å². The van der Waals surface area contributed by atoms with E-state index in [-0.39, 0.29) is 5.97 Å². The molecule has 8 heteroatoms. The molecule has 0 aliphatic carbocycles. The number of nitrogens with zero attached hydrogens (tertiary/aromatic N) is 3. The highest BCUT2D eigenvalue weighted by atomic mass is 35.5. The average molecular weight is 405 g/mol. The third kappa shape index (κ3) is 4.37. The van der Waals surface area contributed by atoms with E-state index < -0.39 is 6.04 Å². The molecule has 1 N–H and O–H groups in total. The molecule has 2 heterocycles. The fourth-order valence-electron chi connectivity index (χ4n) is 2.99. The van der Waals surface area contributed by atoms with Gasteiger partial charge in [0.2, 0.25) is 0 Å². The standard InChI is InChI=1S/C19H21ClN4O2S/c1-4-26-18(25)17(21-10-15-11-22-19(20)27-15)16-12(2)23-24(13(16)3)14-8-6-5-7-9-14/h5-9,11,17,21H,4,10H2,1-3H3/t17-/m1/s1. The largest absolute Gasteiger partial charge is 0.465 e. The van der Waals surface area contributed by atoms with Gasteiger partial charge >= 0.3 is 5.97 Å². The Morgan fingerprint density at radius 3 is 2.70 bits per heavy atom. The van der Waals surface area contributed by atoms with E-state index in [2.05, 4.69) is 15.4 Å². The number of carbonyl (C=O) groups is 1. The quantitative estimate of drug-likeness (QED) is 0.603. The third-order valence-corrected chi connectivity index (χ3v) is 5.28. The molecule has 27 heavy (non-hydrogen) atoms. The van der Waals surface area contributed by atoms with Crippen LogP contribution in [-0.4, -0.2) is 27.3 Å². The van der Waals surface area contributed by atoms with Crippen LogP contribution >= 0.6 is 22.9 Å². The van der Waals surface area contributed by atoms with E-state index in [1.54, 1.807) is 13.1 Å². The summed E-state index contributed by atoms with van der Waals surface area (Å²) in [5.41, 5.74) is 3.45. The Hall–Kier alpha value is -2.22. The zero-order chi connectivity index (χ0) is 19.4. The van der Waals surface area contributed by atoms with Crippen molar-refractivity contribution < 1.29 is 9.53 Å². The number of thiazole rings is 1. The lowest BCUT2D eigenvalue weighted by Gasteiger charge is -2.18. The van der Waals surface area contributed by atoms with E-state index >= 15 is 0 Å². The summed E-state index contributed by atoms with van der Waals surface area (Å²) in [6.07, 6.45) is 1.70. The highest BCUT2D eigenvalue weighted by Gasteiger charge is 2.28. The lowest BCUT2D eigenvalue weighted by atomic mass is 10.0. The normalized spacial score (nSPS) is 12.1. The van der Waals surface area contributed by atoms with Gasteiger partial charge in [0.1, 0.15) is 6.04 Å². The minimum absolute atomic E-state index is 0.314. The lowest BCUT2D eigenvalue weighted by Crippen LogP contribution is -2.30. The summed E-state index contributed by atoms with van der Waals surface area (Å²) in [6.45, 7) is 6.43. The van der Waals surface area contributed by atoms with Gasteiger partial charge in [-0.15, -0.1) is 11.3 Å². The predicted molar refractivity (Wildman–Crippen MR) is 106 cm³/mol. The molecular formula is C19H21ClN4O2S. The van der Waals surface area contributed by atoms with Gasteiger partial charge in [-0.3, -0.25) is 5.32 Å². The van der Waals surface area contributed by atoms with Gasteiger partial charge in [0, 0.05) is 28.9 Å². The number of ether oxygens (including phenoxy) is 1. The van der Waals surface area contributed by atoms with Crippen LogP contribution in [0.25, 0.3) is 5.69 Å². The third-order valence-electron chi connectivity index (χ3n) is 4.16. The summed E-state index contributed by atoms with van der Waals surface area (Å²) in [4.78, 5) is 17.6. The smallest absolute Gasteiger partial charge is 0.327 e. The Bertz CT molecular complexity index is 923. The Morgan fingerprint density at radius 2 is 2.07 bits per heavy atom. The molecule has 0 aliphatic rings. The lowest BCUT2D eigenvalue weighted by molar-refractivity contribution is -0.146. The van der Waals surface area contributed by atoms with Crippen molar-refractivity contribution in [2.45, 2.75) is 33.4 Å². The van der Waals surface area contributed by atoms with Gasteiger partial charge in [-0.25, -0.2) is 14.5 Å². The van der Waals surface area contributed by atoms with Crippen LogP contribution in [0.5, 0.6) is 0 Å².